The Balaban J connectivity index is 1.44. The first kappa shape index (κ1) is 21.4. The maximum absolute atomic E-state index is 12.9. The van der Waals surface area contributed by atoms with Crippen LogP contribution in [-0.4, -0.2) is 59.5 Å². The van der Waals surface area contributed by atoms with Crippen molar-refractivity contribution in [3.8, 4) is 0 Å². The topological polar surface area (TPSA) is 106 Å². The molecule has 1 amide bonds. The van der Waals surface area contributed by atoms with Gasteiger partial charge in [-0.2, -0.15) is 4.31 Å². The number of fused-ring (bicyclic) bond motifs is 1. The summed E-state index contributed by atoms with van der Waals surface area (Å²) in [6.07, 6.45) is 4.15. The smallest absolute Gasteiger partial charge is 0.243 e. The van der Waals surface area contributed by atoms with Crippen molar-refractivity contribution in [3.05, 3.63) is 54.1 Å². The van der Waals surface area contributed by atoms with Gasteiger partial charge in [0.1, 0.15) is 5.82 Å². The summed E-state index contributed by atoms with van der Waals surface area (Å²) in [6.45, 7) is 1.93. The lowest BCUT2D eigenvalue weighted by molar-refractivity contribution is -0.121. The third-order valence-corrected chi connectivity index (χ3v) is 7.24. The molecule has 0 unspecified atom stereocenters. The van der Waals surface area contributed by atoms with Gasteiger partial charge in [0.2, 0.25) is 15.9 Å². The van der Waals surface area contributed by atoms with Gasteiger partial charge < -0.3 is 14.6 Å². The number of benzene rings is 1. The Bertz CT molecular complexity index is 1170. The predicted octanol–water partition coefficient (Wildman–Crippen LogP) is 1.24. The fraction of sp³-hybridized carbons (Fsp3) is 0.381. The summed E-state index contributed by atoms with van der Waals surface area (Å²) in [5, 5.41) is 2.88. The van der Waals surface area contributed by atoms with E-state index < -0.39 is 10.0 Å². The van der Waals surface area contributed by atoms with Crippen LogP contribution in [0, 0.1) is 0 Å². The molecular formula is C21H25N5O4S. The van der Waals surface area contributed by atoms with E-state index >= 15 is 0 Å². The van der Waals surface area contributed by atoms with Crippen molar-refractivity contribution in [2.45, 2.75) is 24.3 Å². The molecule has 10 heteroatoms. The van der Waals surface area contributed by atoms with E-state index in [0.717, 1.165) is 16.9 Å². The number of aryl methyl sites for hydroxylation is 2. The first-order chi connectivity index (χ1) is 14.9. The van der Waals surface area contributed by atoms with Gasteiger partial charge in [-0.25, -0.2) is 13.4 Å². The second-order valence-electron chi connectivity index (χ2n) is 7.39. The standard InChI is InChI=1S/C21H25N5O4S/c1-25-19-5-4-17(31(28,29)26-9-11-30-12-10-26)13-18(19)24-20(25)6-7-21(27)23-15-16-3-2-8-22-14-16/h2-5,8,13-14H,6-7,9-12,15H2,1H3,(H,23,27). The molecule has 1 N–H and O–H groups in total. The zero-order valence-electron chi connectivity index (χ0n) is 17.3. The summed E-state index contributed by atoms with van der Waals surface area (Å²) in [6, 6.07) is 8.71. The number of ether oxygens (including phenoxy) is 1. The number of sulfonamides is 1. The molecule has 0 saturated carbocycles. The van der Waals surface area contributed by atoms with Crippen molar-refractivity contribution in [2.24, 2.45) is 7.05 Å². The van der Waals surface area contributed by atoms with E-state index in [9.17, 15) is 13.2 Å². The highest BCUT2D eigenvalue weighted by Gasteiger charge is 2.27. The molecule has 0 radical (unpaired) electrons. The molecule has 4 rings (SSSR count). The first-order valence-electron chi connectivity index (χ1n) is 10.1. The lowest BCUT2D eigenvalue weighted by atomic mass is 10.2. The van der Waals surface area contributed by atoms with Gasteiger partial charge in [-0.05, 0) is 29.8 Å². The maximum atomic E-state index is 12.9. The maximum Gasteiger partial charge on any atom is 0.243 e. The van der Waals surface area contributed by atoms with Crippen LogP contribution in [0.1, 0.15) is 17.8 Å². The summed E-state index contributed by atoms with van der Waals surface area (Å²) in [5.41, 5.74) is 2.36. The Hall–Kier alpha value is -2.82. The SMILES string of the molecule is Cn1c(CCC(=O)NCc2cccnc2)nc2cc(S(=O)(=O)N3CCOCC3)ccc21. The van der Waals surface area contributed by atoms with Crippen LogP contribution in [0.5, 0.6) is 0 Å². The van der Waals surface area contributed by atoms with Gasteiger partial charge >= 0.3 is 0 Å². The molecule has 2 aromatic heterocycles. The third-order valence-electron chi connectivity index (χ3n) is 5.34. The summed E-state index contributed by atoms with van der Waals surface area (Å²) in [7, 11) is -1.71. The molecule has 164 valence electrons. The largest absolute Gasteiger partial charge is 0.379 e. The summed E-state index contributed by atoms with van der Waals surface area (Å²) >= 11 is 0. The number of carbonyl (C=O) groups excluding carboxylic acids is 1. The van der Waals surface area contributed by atoms with E-state index in [4.69, 9.17) is 4.74 Å². The summed E-state index contributed by atoms with van der Waals surface area (Å²) < 4.78 is 34.4. The number of rotatable bonds is 7. The van der Waals surface area contributed by atoms with Gasteiger partial charge in [-0.15, -0.1) is 0 Å². The lowest BCUT2D eigenvalue weighted by Gasteiger charge is -2.26. The molecular weight excluding hydrogens is 418 g/mol. The van der Waals surface area contributed by atoms with Crippen LogP contribution in [-0.2, 0) is 39.6 Å². The van der Waals surface area contributed by atoms with Crippen molar-refractivity contribution in [1.82, 2.24) is 24.2 Å². The molecule has 0 atom stereocenters. The molecule has 1 aliphatic heterocycles. The highest BCUT2D eigenvalue weighted by atomic mass is 32.2. The number of aromatic nitrogens is 3. The van der Waals surface area contributed by atoms with E-state index in [1.807, 2.05) is 23.7 Å². The van der Waals surface area contributed by atoms with Crippen LogP contribution in [0.3, 0.4) is 0 Å². The van der Waals surface area contributed by atoms with E-state index in [0.29, 0.717) is 44.8 Å². The van der Waals surface area contributed by atoms with Gasteiger partial charge in [0, 0.05) is 51.9 Å². The minimum atomic E-state index is -3.58. The number of hydrogen-bond acceptors (Lipinski definition) is 6. The third kappa shape index (κ3) is 4.76. The van der Waals surface area contributed by atoms with Crippen molar-refractivity contribution >= 4 is 27.0 Å². The van der Waals surface area contributed by atoms with E-state index in [2.05, 4.69) is 15.3 Å². The average Bonchev–Trinajstić information content (AvgIpc) is 3.12. The van der Waals surface area contributed by atoms with Gasteiger partial charge in [0.15, 0.2) is 0 Å². The second-order valence-corrected chi connectivity index (χ2v) is 9.33. The minimum Gasteiger partial charge on any atom is -0.379 e. The number of hydrogen-bond donors (Lipinski definition) is 1. The number of carbonyl (C=O) groups is 1. The molecule has 0 spiro atoms. The van der Waals surface area contributed by atoms with Crippen molar-refractivity contribution in [1.29, 1.82) is 0 Å². The number of amides is 1. The summed E-state index contributed by atoms with van der Waals surface area (Å²) in [4.78, 5) is 21.1. The fourth-order valence-electron chi connectivity index (χ4n) is 3.57. The number of nitrogens with one attached hydrogen (secondary N) is 1. The molecule has 1 aliphatic rings. The quantitative estimate of drug-likeness (QED) is 0.589. The average molecular weight is 444 g/mol. The van der Waals surface area contributed by atoms with Gasteiger partial charge in [0.05, 0.1) is 29.1 Å². The van der Waals surface area contributed by atoms with E-state index in [-0.39, 0.29) is 17.2 Å². The van der Waals surface area contributed by atoms with E-state index in [1.54, 1.807) is 30.6 Å². The van der Waals surface area contributed by atoms with Gasteiger partial charge in [-0.3, -0.25) is 9.78 Å². The molecule has 3 heterocycles. The fourth-order valence-corrected chi connectivity index (χ4v) is 5.00. The number of imidazole rings is 1. The molecule has 31 heavy (non-hydrogen) atoms. The Morgan fingerprint density at radius 2 is 2.03 bits per heavy atom. The monoisotopic (exact) mass is 443 g/mol. The van der Waals surface area contributed by atoms with Crippen molar-refractivity contribution in [2.75, 3.05) is 26.3 Å². The molecule has 0 aliphatic carbocycles. The number of morpholine rings is 1. The molecule has 1 aromatic carbocycles. The highest BCUT2D eigenvalue weighted by molar-refractivity contribution is 7.89. The second kappa shape index (κ2) is 9.13. The Morgan fingerprint density at radius 1 is 1.23 bits per heavy atom. The van der Waals surface area contributed by atoms with Crippen molar-refractivity contribution in [3.63, 3.8) is 0 Å². The number of nitrogens with zero attached hydrogens (tertiary/aromatic N) is 4. The normalized spacial score (nSPS) is 15.3. The van der Waals surface area contributed by atoms with Crippen molar-refractivity contribution < 1.29 is 17.9 Å². The van der Waals surface area contributed by atoms with Crippen LogP contribution in [0.4, 0.5) is 0 Å². The van der Waals surface area contributed by atoms with Crippen LogP contribution < -0.4 is 5.32 Å². The highest BCUT2D eigenvalue weighted by Crippen LogP contribution is 2.23. The molecule has 3 aromatic rings. The minimum absolute atomic E-state index is 0.0773. The molecule has 9 nitrogen and oxygen atoms in total. The zero-order chi connectivity index (χ0) is 21.8. The predicted molar refractivity (Wildman–Crippen MR) is 115 cm³/mol. The lowest BCUT2D eigenvalue weighted by Crippen LogP contribution is -2.40. The summed E-state index contributed by atoms with van der Waals surface area (Å²) in [5.74, 6) is 0.652. The first-order valence-corrected chi connectivity index (χ1v) is 11.6. The van der Waals surface area contributed by atoms with E-state index in [1.165, 1.54) is 4.31 Å². The Kier molecular flexibility index (Phi) is 6.30. The van der Waals surface area contributed by atoms with Crippen LogP contribution in [0.2, 0.25) is 0 Å². The zero-order valence-corrected chi connectivity index (χ0v) is 18.1. The molecule has 0 bridgehead atoms. The van der Waals surface area contributed by atoms with Crippen LogP contribution in [0.15, 0.2) is 47.6 Å². The van der Waals surface area contributed by atoms with Crippen LogP contribution in [0.25, 0.3) is 11.0 Å². The van der Waals surface area contributed by atoms with Gasteiger partial charge in [0.25, 0.3) is 0 Å². The Labute approximate surface area is 181 Å². The molecule has 1 saturated heterocycles. The van der Waals surface area contributed by atoms with Gasteiger partial charge in [-0.1, -0.05) is 6.07 Å². The number of pyridine rings is 1. The Morgan fingerprint density at radius 3 is 2.77 bits per heavy atom. The molecule has 1 fully saturated rings. The van der Waals surface area contributed by atoms with Crippen LogP contribution >= 0.6 is 0 Å².